The lowest BCUT2D eigenvalue weighted by Gasteiger charge is -2.04. The molecule has 94 valence electrons. The molecule has 1 aromatic heterocycles. The molecule has 1 heterocycles. The monoisotopic (exact) mass is 330 g/mol. The molecule has 2 aromatic rings. The first kappa shape index (κ1) is 12.9. The summed E-state index contributed by atoms with van der Waals surface area (Å²) in [5.41, 5.74) is 0.0931. The van der Waals surface area contributed by atoms with E-state index in [2.05, 4.69) is 36.8 Å². The second kappa shape index (κ2) is 5.40. The first-order valence-electron chi connectivity index (χ1n) is 4.88. The molecule has 0 spiro atoms. The van der Waals surface area contributed by atoms with Gasteiger partial charge in [-0.25, -0.2) is 4.39 Å². The van der Waals surface area contributed by atoms with Crippen LogP contribution in [0.2, 0.25) is 0 Å². The maximum Gasteiger partial charge on any atom is 0.286 e. The van der Waals surface area contributed by atoms with Crippen LogP contribution >= 0.6 is 27.3 Å². The molecule has 2 rings (SSSR count). The van der Waals surface area contributed by atoms with Gasteiger partial charge in [0, 0.05) is 11.5 Å². The molecule has 1 amide bonds. The molecule has 0 fully saturated rings. The Morgan fingerprint density at radius 3 is 2.89 bits per heavy atom. The summed E-state index contributed by atoms with van der Waals surface area (Å²) >= 11 is 4.30. The normalized spacial score (nSPS) is 10.2. The van der Waals surface area contributed by atoms with Crippen molar-refractivity contribution in [1.29, 1.82) is 0 Å². The van der Waals surface area contributed by atoms with Gasteiger partial charge in [0.1, 0.15) is 5.82 Å². The Bertz CT molecular complexity index is 589. The van der Waals surface area contributed by atoms with Gasteiger partial charge in [-0.1, -0.05) is 27.3 Å². The number of nitrogens with zero attached hydrogens (tertiary/aromatic N) is 2. The van der Waals surface area contributed by atoms with Crippen molar-refractivity contribution in [3.05, 3.63) is 33.5 Å². The zero-order chi connectivity index (χ0) is 13.1. The van der Waals surface area contributed by atoms with Crippen LogP contribution in [0.25, 0.3) is 0 Å². The lowest BCUT2D eigenvalue weighted by atomic mass is 10.3. The van der Waals surface area contributed by atoms with Crippen molar-refractivity contribution in [2.45, 2.75) is 0 Å². The van der Waals surface area contributed by atoms with Crippen LogP contribution < -0.4 is 10.6 Å². The molecule has 18 heavy (non-hydrogen) atoms. The Kier molecular flexibility index (Phi) is 3.87. The molecule has 1 aromatic carbocycles. The molecule has 0 bridgehead atoms. The van der Waals surface area contributed by atoms with Crippen molar-refractivity contribution in [3.8, 4) is 0 Å². The number of aromatic nitrogens is 2. The number of hydrogen-bond donors (Lipinski definition) is 2. The van der Waals surface area contributed by atoms with E-state index in [1.807, 2.05) is 0 Å². The molecule has 5 nitrogen and oxygen atoms in total. The van der Waals surface area contributed by atoms with Crippen LogP contribution in [0.3, 0.4) is 0 Å². The van der Waals surface area contributed by atoms with E-state index in [0.717, 1.165) is 11.3 Å². The van der Waals surface area contributed by atoms with Gasteiger partial charge in [0.05, 0.1) is 5.69 Å². The largest absolute Gasteiger partial charge is 0.363 e. The average Bonchev–Trinajstić information content (AvgIpc) is 2.82. The van der Waals surface area contributed by atoms with Gasteiger partial charge >= 0.3 is 0 Å². The highest BCUT2D eigenvalue weighted by Gasteiger charge is 2.14. The van der Waals surface area contributed by atoms with E-state index in [1.54, 1.807) is 13.1 Å². The van der Waals surface area contributed by atoms with E-state index < -0.39 is 11.7 Å². The summed E-state index contributed by atoms with van der Waals surface area (Å²) < 4.78 is 14.1. The smallest absolute Gasteiger partial charge is 0.286 e. The maximum absolute atomic E-state index is 13.4. The fourth-order valence-electron chi connectivity index (χ4n) is 1.19. The van der Waals surface area contributed by atoms with E-state index in [1.165, 1.54) is 12.1 Å². The number of anilines is 2. The minimum Gasteiger partial charge on any atom is -0.363 e. The van der Waals surface area contributed by atoms with Crippen molar-refractivity contribution in [2.75, 3.05) is 17.7 Å². The van der Waals surface area contributed by atoms with Crippen LogP contribution in [0.1, 0.15) is 9.80 Å². The van der Waals surface area contributed by atoms with Crippen molar-refractivity contribution >= 4 is 44.0 Å². The number of halogens is 2. The second-order valence-corrected chi connectivity index (χ2v) is 5.13. The Balaban J connectivity index is 2.18. The topological polar surface area (TPSA) is 66.9 Å². The molecule has 0 radical (unpaired) electrons. The van der Waals surface area contributed by atoms with Crippen molar-refractivity contribution < 1.29 is 9.18 Å². The van der Waals surface area contributed by atoms with Gasteiger partial charge < -0.3 is 10.6 Å². The molecular formula is C10H8BrFN4OS. The van der Waals surface area contributed by atoms with Gasteiger partial charge in [-0.15, -0.1) is 10.2 Å². The number of rotatable bonds is 3. The summed E-state index contributed by atoms with van der Waals surface area (Å²) in [6.45, 7) is 0. The first-order valence-corrected chi connectivity index (χ1v) is 6.49. The maximum atomic E-state index is 13.4. The lowest BCUT2D eigenvalue weighted by Crippen LogP contribution is -2.12. The highest BCUT2D eigenvalue weighted by atomic mass is 79.9. The fraction of sp³-hybridized carbons (Fsp3) is 0.100. The van der Waals surface area contributed by atoms with Crippen molar-refractivity contribution in [3.63, 3.8) is 0 Å². The number of nitrogens with one attached hydrogen (secondary N) is 2. The third-order valence-electron chi connectivity index (χ3n) is 2.01. The van der Waals surface area contributed by atoms with Crippen LogP contribution in [0.5, 0.6) is 0 Å². The zero-order valence-corrected chi connectivity index (χ0v) is 11.6. The predicted octanol–water partition coefficient (Wildman–Crippen LogP) is 2.73. The first-order chi connectivity index (χ1) is 8.60. The Morgan fingerprint density at radius 2 is 2.22 bits per heavy atom. The van der Waals surface area contributed by atoms with Crippen LogP contribution in [-0.2, 0) is 0 Å². The standard InChI is InChI=1S/C10H8BrFN4OS/c1-13-10-16-15-9(18-10)8(17)14-7-4-5(11)2-3-6(7)12/h2-4H,1H3,(H,13,16)(H,14,17). The molecular weight excluding hydrogens is 323 g/mol. The van der Waals surface area contributed by atoms with Crippen LogP contribution in [-0.4, -0.2) is 23.2 Å². The molecule has 0 saturated heterocycles. The number of benzene rings is 1. The van der Waals surface area contributed by atoms with Gasteiger partial charge in [0.25, 0.3) is 5.91 Å². The summed E-state index contributed by atoms with van der Waals surface area (Å²) in [6, 6.07) is 4.29. The number of carbonyl (C=O) groups is 1. The molecule has 0 aliphatic rings. The summed E-state index contributed by atoms with van der Waals surface area (Å²) in [4.78, 5) is 11.8. The van der Waals surface area contributed by atoms with Gasteiger partial charge in [-0.3, -0.25) is 4.79 Å². The molecule has 2 N–H and O–H groups in total. The number of carbonyl (C=O) groups excluding carboxylic acids is 1. The Hall–Kier alpha value is -1.54. The van der Waals surface area contributed by atoms with E-state index in [4.69, 9.17) is 0 Å². The number of hydrogen-bond acceptors (Lipinski definition) is 5. The van der Waals surface area contributed by atoms with Crippen LogP contribution in [0, 0.1) is 5.82 Å². The summed E-state index contributed by atoms with van der Waals surface area (Å²) in [5.74, 6) is -1.00. The zero-order valence-electron chi connectivity index (χ0n) is 9.20. The van der Waals surface area contributed by atoms with Crippen LogP contribution in [0.4, 0.5) is 15.2 Å². The van der Waals surface area contributed by atoms with E-state index in [9.17, 15) is 9.18 Å². The van der Waals surface area contributed by atoms with Gasteiger partial charge in [-0.2, -0.15) is 0 Å². The molecule has 8 heteroatoms. The van der Waals surface area contributed by atoms with Gasteiger partial charge in [-0.05, 0) is 18.2 Å². The van der Waals surface area contributed by atoms with E-state index in [-0.39, 0.29) is 10.7 Å². The summed E-state index contributed by atoms with van der Waals surface area (Å²) in [5, 5.41) is 13.3. The molecule has 0 aliphatic carbocycles. The minimum atomic E-state index is -0.509. The molecule has 0 unspecified atom stereocenters. The van der Waals surface area contributed by atoms with Crippen molar-refractivity contribution in [2.24, 2.45) is 0 Å². The van der Waals surface area contributed by atoms with Crippen LogP contribution in [0.15, 0.2) is 22.7 Å². The average molecular weight is 331 g/mol. The molecule has 0 aliphatic heterocycles. The summed E-state index contributed by atoms with van der Waals surface area (Å²) in [6.07, 6.45) is 0. The minimum absolute atomic E-state index is 0.0931. The predicted molar refractivity (Wildman–Crippen MR) is 71.5 cm³/mol. The molecule has 0 atom stereocenters. The quantitative estimate of drug-likeness (QED) is 0.908. The van der Waals surface area contributed by atoms with E-state index in [0.29, 0.717) is 9.60 Å². The highest BCUT2D eigenvalue weighted by molar-refractivity contribution is 9.10. The lowest BCUT2D eigenvalue weighted by molar-refractivity contribution is 0.102. The molecule has 0 saturated carbocycles. The highest BCUT2D eigenvalue weighted by Crippen LogP contribution is 2.21. The number of amides is 1. The Morgan fingerprint density at radius 1 is 1.44 bits per heavy atom. The second-order valence-electron chi connectivity index (χ2n) is 3.24. The Labute approximate surface area is 115 Å². The summed E-state index contributed by atoms with van der Waals surface area (Å²) in [7, 11) is 1.68. The van der Waals surface area contributed by atoms with Gasteiger partial charge in [0.15, 0.2) is 0 Å². The van der Waals surface area contributed by atoms with Crippen molar-refractivity contribution in [1.82, 2.24) is 10.2 Å². The third kappa shape index (κ3) is 2.82. The van der Waals surface area contributed by atoms with Gasteiger partial charge in [0.2, 0.25) is 10.1 Å². The third-order valence-corrected chi connectivity index (χ3v) is 3.44. The van der Waals surface area contributed by atoms with E-state index >= 15 is 0 Å². The SMILES string of the molecule is CNc1nnc(C(=O)Nc2cc(Br)ccc2F)s1. The fourth-order valence-corrected chi connectivity index (χ4v) is 2.14.